The monoisotopic (exact) mass is 793 g/mol. The van der Waals surface area contributed by atoms with Gasteiger partial charge >= 0.3 is 29.6 Å². The molecule has 1 fully saturated rings. The molecule has 8 N–H and O–H groups in total. The van der Waals surface area contributed by atoms with Crippen LogP contribution < -0.4 is 45.9 Å². The minimum atomic E-state index is 0. The zero-order valence-electron chi connectivity index (χ0n) is 25.7. The molecule has 3 aromatic carbocycles. The van der Waals surface area contributed by atoms with Crippen molar-refractivity contribution in [2.45, 2.75) is 33.0 Å². The fourth-order valence-corrected chi connectivity index (χ4v) is 2.63. The normalized spacial score (nSPS) is 10.2. The van der Waals surface area contributed by atoms with Crippen LogP contribution in [0.2, 0.25) is 6.82 Å². The molecule has 3 aromatic rings. The molecule has 0 amide bonds. The largest absolute Gasteiger partial charge is 1.00 e. The summed E-state index contributed by atoms with van der Waals surface area (Å²) < 4.78 is 11.5. The van der Waals surface area contributed by atoms with Gasteiger partial charge < -0.3 is 41.9 Å². The summed E-state index contributed by atoms with van der Waals surface area (Å²) in [7, 11) is 1.77. The summed E-state index contributed by atoms with van der Waals surface area (Å²) in [6.07, 6.45) is 3.58. The number of nitrogens with two attached hydrogens (primary N) is 2. The summed E-state index contributed by atoms with van der Waals surface area (Å²) in [5.74, 6) is 0.821. The van der Waals surface area contributed by atoms with E-state index in [0.717, 1.165) is 25.3 Å². The van der Waals surface area contributed by atoms with Crippen molar-refractivity contribution in [2.24, 2.45) is 5.73 Å². The molecule has 0 bridgehead atoms. The molecule has 8 nitrogen and oxygen atoms in total. The number of phenols is 3. The van der Waals surface area contributed by atoms with Crippen LogP contribution in [0, 0.1) is 0 Å². The van der Waals surface area contributed by atoms with Gasteiger partial charge in [-0.2, -0.15) is 22.4 Å². The molecule has 2 radical (unpaired) electrons. The van der Waals surface area contributed by atoms with E-state index in [9.17, 15) is 0 Å². The number of hydrogen-bond donors (Lipinski definition) is 5. The minimum Gasteiger partial charge on any atom is -0.870 e. The van der Waals surface area contributed by atoms with Crippen LogP contribution >= 0.6 is 34.6 Å². The van der Waals surface area contributed by atoms with Gasteiger partial charge in [0.2, 0.25) is 0 Å². The number of hydrogen-bond acceptors (Lipinski definition) is 7. The number of halogens is 1. The minimum absolute atomic E-state index is 0. The standard InChI is InChI=1S/C8H10N2OS.C8H10O.C6H7NO.C4H8O.CH4BI.2Na.H2O.Y/c1-10(8(9)12)6-2-4-7(11)5-3-6;1-2-7-3-5-8(9)6-4-7;7-5-1-3-6(8)4-2-5;1-2-4-5-3-1;1-2-3;;;;/h2-5,11H,1H3,(H2,9,12);3-6,9H,2H2,1H3;1-4,8H,7H2;1-4H2;2H,1H3;;;1H2;/q;;;;;;+1;;/p-1/i;;;;2T;;;;. The van der Waals surface area contributed by atoms with Crippen LogP contribution in [0.3, 0.4) is 0 Å². The number of rotatable bonds is 2. The van der Waals surface area contributed by atoms with Gasteiger partial charge in [0.25, 0.3) is 0 Å². The third-order valence-electron chi connectivity index (χ3n) is 4.63. The maximum absolute atomic E-state index is 8.99. The maximum Gasteiger partial charge on any atom is 1.00 e. The molecule has 0 atom stereocenters. The third-order valence-corrected chi connectivity index (χ3v) is 4.91. The van der Waals surface area contributed by atoms with E-state index in [1.165, 1.54) is 18.4 Å². The van der Waals surface area contributed by atoms with E-state index in [4.69, 9.17) is 45.1 Å². The second-order valence-corrected chi connectivity index (χ2v) is 9.23. The van der Waals surface area contributed by atoms with E-state index in [2.05, 4.69) is 6.92 Å². The summed E-state index contributed by atoms with van der Waals surface area (Å²) in [6, 6.07) is 20.3. The van der Waals surface area contributed by atoms with Crippen molar-refractivity contribution in [3.63, 3.8) is 0 Å². The number of aryl methyl sites for hydroxylation is 1. The first-order valence-electron chi connectivity index (χ1n) is 12.3. The molecule has 214 valence electrons. The quantitative estimate of drug-likeness (QED) is 0.0863. The molecule has 1 heterocycles. The fourth-order valence-electron chi connectivity index (χ4n) is 2.52. The van der Waals surface area contributed by atoms with Crippen LogP contribution in [0.15, 0.2) is 72.8 Å². The fraction of sp³-hybridized carbons (Fsp3) is 0.296. The van der Waals surface area contributed by atoms with E-state index >= 15 is 0 Å². The van der Waals surface area contributed by atoms with Gasteiger partial charge in [-0.05, 0) is 99.0 Å². The first-order valence-corrected chi connectivity index (χ1v) is 13.4. The number of anilines is 2. The Balaban J connectivity index is -0.000000138. The Morgan fingerprint density at radius 1 is 0.951 bits per heavy atom. The van der Waals surface area contributed by atoms with Crippen molar-refractivity contribution in [3.05, 3.63) is 78.4 Å². The molecule has 0 aromatic heterocycles. The molecule has 41 heavy (non-hydrogen) atoms. The zero-order valence-corrected chi connectivity index (χ0v) is 34.5. The molecular formula is C27H40BIN3Na2O5SY. The predicted molar refractivity (Wildman–Crippen MR) is 178 cm³/mol. The topological polar surface area (TPSA) is 155 Å². The Bertz CT molecular complexity index is 1000. The Morgan fingerprint density at radius 2 is 1.29 bits per heavy atom. The summed E-state index contributed by atoms with van der Waals surface area (Å²) in [6.45, 7) is 5.91. The van der Waals surface area contributed by atoms with Crippen LogP contribution in [0.1, 0.15) is 25.3 Å². The van der Waals surface area contributed by atoms with Crippen molar-refractivity contribution in [2.75, 3.05) is 30.9 Å². The Morgan fingerprint density at radius 3 is 1.56 bits per heavy atom. The van der Waals surface area contributed by atoms with Crippen molar-refractivity contribution in [1.29, 1.82) is 1.34 Å². The number of ether oxygens (including phenoxy) is 1. The molecule has 1 saturated heterocycles. The van der Waals surface area contributed by atoms with Gasteiger partial charge in [-0.1, -0.05) is 25.9 Å². The van der Waals surface area contributed by atoms with Gasteiger partial charge in [0.1, 0.15) is 17.2 Å². The molecule has 1 aliphatic heterocycles. The molecule has 14 heteroatoms. The van der Waals surface area contributed by atoms with E-state index in [0.29, 0.717) is 16.5 Å². The summed E-state index contributed by atoms with van der Waals surface area (Å²) in [5, 5.41) is 26.9. The number of nitrogen functional groups attached to an aromatic ring is 1. The SMILES string of the molecule is C1CCOC1.CCc1ccc(O)cc1.CN(C(N)=S)c1ccc(O)cc1.Nc1ccc(O)cc1.[3H]B(C)I.[Na+].[Na].[OH-].[Y]. The Hall–Kier alpha value is 0.369. The number of nitrogens with zero attached hydrogens (tertiary/aromatic N) is 1. The Labute approximate surface area is 335 Å². The number of aromatic hydroxyl groups is 3. The van der Waals surface area contributed by atoms with Crippen LogP contribution in [0.5, 0.6) is 17.2 Å². The van der Waals surface area contributed by atoms with Gasteiger partial charge in [0.15, 0.2) is 10.2 Å². The van der Waals surface area contributed by atoms with E-state index in [-0.39, 0.29) is 114 Å². The Kier molecular flexibility index (Phi) is 39.2. The first-order chi connectivity index (χ1) is 18.0. The summed E-state index contributed by atoms with van der Waals surface area (Å²) >= 11 is 6.78. The average Bonchev–Trinajstić information content (AvgIpc) is 3.47. The molecule has 1 aliphatic rings. The second kappa shape index (κ2) is 33.3. The smallest absolute Gasteiger partial charge is 0.870 e. The van der Waals surface area contributed by atoms with Crippen molar-refractivity contribution < 1.29 is 87.8 Å². The van der Waals surface area contributed by atoms with Gasteiger partial charge in [-0.15, -0.1) is 0 Å². The van der Waals surface area contributed by atoms with Crippen molar-refractivity contribution in [1.82, 2.24) is 0 Å². The van der Waals surface area contributed by atoms with Crippen LogP contribution in [-0.2, 0) is 43.9 Å². The number of thiocarbonyl (C=S) groups is 1. The first kappa shape index (κ1) is 48.3. The van der Waals surface area contributed by atoms with Crippen molar-refractivity contribution >= 4 is 85.7 Å². The van der Waals surface area contributed by atoms with Gasteiger partial charge in [0, 0.05) is 93.9 Å². The van der Waals surface area contributed by atoms with Crippen LogP contribution in [0.4, 0.5) is 11.4 Å². The number of phenolic OH excluding ortho intramolecular Hbond substituents is 3. The summed E-state index contributed by atoms with van der Waals surface area (Å²) in [4.78, 5) is 1.66. The summed E-state index contributed by atoms with van der Waals surface area (Å²) in [5.41, 5.74) is 13.5. The van der Waals surface area contributed by atoms with Crippen molar-refractivity contribution in [3.8, 4) is 17.2 Å². The average molecular weight is 793 g/mol. The predicted octanol–water partition coefficient (Wildman–Crippen LogP) is 2.06. The second-order valence-electron chi connectivity index (χ2n) is 7.56. The number of benzene rings is 3. The third kappa shape index (κ3) is 28.9. The van der Waals surface area contributed by atoms with E-state index in [1.807, 2.05) is 41.3 Å². The molecular weight excluding hydrogens is 751 g/mol. The van der Waals surface area contributed by atoms with Gasteiger partial charge in [0.05, 0.1) is 0 Å². The molecule has 0 saturated carbocycles. The molecule has 0 unspecified atom stereocenters. The van der Waals surface area contributed by atoms with Gasteiger partial charge in [-0.25, -0.2) is 0 Å². The van der Waals surface area contributed by atoms with Crippen LogP contribution in [-0.4, -0.2) is 82.2 Å². The molecule has 0 spiro atoms. The molecule has 4 rings (SSSR count). The zero-order chi connectivity index (χ0) is 28.9. The van der Waals surface area contributed by atoms with Crippen LogP contribution in [0.25, 0.3) is 0 Å². The van der Waals surface area contributed by atoms with Gasteiger partial charge in [-0.3, -0.25) is 0 Å². The van der Waals surface area contributed by atoms with E-state index in [1.54, 1.807) is 72.6 Å². The van der Waals surface area contributed by atoms with E-state index < -0.39 is 0 Å². The maximum atomic E-state index is 8.99. The molecule has 0 aliphatic carbocycles.